The quantitative estimate of drug-likeness (QED) is 0.592. The van der Waals surface area contributed by atoms with E-state index in [1.165, 1.54) is 12.8 Å². The van der Waals surface area contributed by atoms with Gasteiger partial charge in [-0.15, -0.1) is 0 Å². The van der Waals surface area contributed by atoms with Crippen molar-refractivity contribution < 1.29 is 0 Å². The Morgan fingerprint density at radius 1 is 1.60 bits per heavy atom. The minimum absolute atomic E-state index is 0.473. The highest BCUT2D eigenvalue weighted by Gasteiger charge is 2.16. The van der Waals surface area contributed by atoms with Crippen LogP contribution in [0, 0.1) is 17.2 Å². The van der Waals surface area contributed by atoms with Gasteiger partial charge in [0.25, 0.3) is 0 Å². The van der Waals surface area contributed by atoms with Crippen LogP contribution < -0.4 is 5.32 Å². The van der Waals surface area contributed by atoms with Crippen LogP contribution in [0.15, 0.2) is 0 Å². The summed E-state index contributed by atoms with van der Waals surface area (Å²) in [5.41, 5.74) is 0. The van der Waals surface area contributed by atoms with Gasteiger partial charge in [0.15, 0.2) is 0 Å². The van der Waals surface area contributed by atoms with Crippen molar-refractivity contribution in [3.05, 3.63) is 0 Å². The fraction of sp³-hybridized carbons (Fsp3) is 0.875. The minimum Gasteiger partial charge on any atom is -0.313 e. The average Bonchev–Trinajstić information content (AvgIpc) is 1.95. The molecular weight excluding hydrogens is 124 g/mol. The first-order chi connectivity index (χ1) is 4.83. The molecule has 0 aromatic carbocycles. The summed E-state index contributed by atoms with van der Waals surface area (Å²) in [4.78, 5) is 0. The third kappa shape index (κ3) is 2.00. The second kappa shape index (κ2) is 3.58. The first kappa shape index (κ1) is 7.56. The zero-order valence-electron chi connectivity index (χ0n) is 6.43. The lowest BCUT2D eigenvalue weighted by molar-refractivity contribution is 0.330. The predicted molar refractivity (Wildman–Crippen MR) is 40.4 cm³/mol. The van der Waals surface area contributed by atoms with Gasteiger partial charge in [-0.25, -0.2) is 0 Å². The highest BCUT2D eigenvalue weighted by molar-refractivity contribution is 4.84. The van der Waals surface area contributed by atoms with E-state index in [1.54, 1.807) is 0 Å². The summed E-state index contributed by atoms with van der Waals surface area (Å²) in [5, 5.41) is 11.7. The van der Waals surface area contributed by atoms with Crippen molar-refractivity contribution in [2.75, 3.05) is 6.54 Å². The molecule has 0 amide bonds. The molecule has 2 heteroatoms. The molecule has 0 aromatic heterocycles. The Balaban J connectivity index is 2.21. The Kier molecular flexibility index (Phi) is 2.70. The summed E-state index contributed by atoms with van der Waals surface area (Å²) in [6.45, 7) is 3.34. The maximum atomic E-state index is 8.39. The van der Waals surface area contributed by atoms with Gasteiger partial charge >= 0.3 is 0 Å². The standard InChI is InChI=1S/C8H14N2/c1-7-2-3-8(4-5-9)10-6-7/h7-8,10H,2-4,6H2,1H3/t7?,8-/m1/s1. The van der Waals surface area contributed by atoms with E-state index < -0.39 is 0 Å². The number of rotatable bonds is 1. The molecule has 1 fully saturated rings. The Labute approximate surface area is 62.2 Å². The van der Waals surface area contributed by atoms with Gasteiger partial charge in [0, 0.05) is 6.04 Å². The number of nitrogens with zero attached hydrogens (tertiary/aromatic N) is 1. The third-order valence-corrected chi connectivity index (χ3v) is 2.10. The first-order valence-corrected chi connectivity index (χ1v) is 3.93. The van der Waals surface area contributed by atoms with Gasteiger partial charge < -0.3 is 5.32 Å². The van der Waals surface area contributed by atoms with Crippen LogP contribution in [0.4, 0.5) is 0 Å². The molecule has 2 atom stereocenters. The molecule has 56 valence electrons. The molecule has 1 unspecified atom stereocenters. The largest absolute Gasteiger partial charge is 0.313 e. The summed E-state index contributed by atoms with van der Waals surface area (Å²) in [6.07, 6.45) is 3.13. The van der Waals surface area contributed by atoms with E-state index in [9.17, 15) is 0 Å². The van der Waals surface area contributed by atoms with Crippen molar-refractivity contribution in [2.45, 2.75) is 32.2 Å². The van der Waals surface area contributed by atoms with Crippen LogP contribution in [0.2, 0.25) is 0 Å². The van der Waals surface area contributed by atoms with Gasteiger partial charge in [-0.05, 0) is 25.3 Å². The zero-order chi connectivity index (χ0) is 7.40. The zero-order valence-corrected chi connectivity index (χ0v) is 6.43. The van der Waals surface area contributed by atoms with Crippen LogP contribution >= 0.6 is 0 Å². The Morgan fingerprint density at radius 2 is 2.40 bits per heavy atom. The molecule has 1 heterocycles. The van der Waals surface area contributed by atoms with Crippen molar-refractivity contribution in [3.8, 4) is 6.07 Å². The highest BCUT2D eigenvalue weighted by atomic mass is 14.9. The molecule has 0 aromatic rings. The lowest BCUT2D eigenvalue weighted by Gasteiger charge is -2.25. The average molecular weight is 138 g/mol. The van der Waals surface area contributed by atoms with Crippen LogP contribution in [0.25, 0.3) is 0 Å². The molecule has 2 nitrogen and oxygen atoms in total. The van der Waals surface area contributed by atoms with Gasteiger partial charge in [-0.1, -0.05) is 6.92 Å². The van der Waals surface area contributed by atoms with E-state index in [2.05, 4.69) is 18.3 Å². The van der Waals surface area contributed by atoms with E-state index >= 15 is 0 Å². The first-order valence-electron chi connectivity index (χ1n) is 3.93. The minimum atomic E-state index is 0.473. The Hall–Kier alpha value is -0.550. The molecule has 0 aliphatic carbocycles. The molecule has 0 bridgehead atoms. The van der Waals surface area contributed by atoms with Crippen molar-refractivity contribution >= 4 is 0 Å². The lowest BCUT2D eigenvalue weighted by Crippen LogP contribution is -2.37. The van der Waals surface area contributed by atoms with Crippen molar-refractivity contribution in [2.24, 2.45) is 5.92 Å². The summed E-state index contributed by atoms with van der Waals surface area (Å²) < 4.78 is 0. The van der Waals surface area contributed by atoms with E-state index in [-0.39, 0.29) is 0 Å². The topological polar surface area (TPSA) is 35.8 Å². The van der Waals surface area contributed by atoms with Crippen molar-refractivity contribution in [3.63, 3.8) is 0 Å². The van der Waals surface area contributed by atoms with E-state index in [0.717, 1.165) is 12.5 Å². The molecule has 1 N–H and O–H groups in total. The van der Waals surface area contributed by atoms with Crippen molar-refractivity contribution in [1.29, 1.82) is 5.26 Å². The van der Waals surface area contributed by atoms with Gasteiger partial charge in [0.1, 0.15) is 0 Å². The van der Waals surface area contributed by atoms with Crippen molar-refractivity contribution in [1.82, 2.24) is 5.32 Å². The number of hydrogen-bond donors (Lipinski definition) is 1. The van der Waals surface area contributed by atoms with E-state index in [1.807, 2.05) is 0 Å². The summed E-state index contributed by atoms with van der Waals surface area (Å²) in [6, 6.07) is 2.66. The van der Waals surface area contributed by atoms with E-state index in [0.29, 0.717) is 12.5 Å². The summed E-state index contributed by atoms with van der Waals surface area (Å²) >= 11 is 0. The summed E-state index contributed by atoms with van der Waals surface area (Å²) in [5.74, 6) is 0.801. The molecule has 0 saturated carbocycles. The molecule has 1 aliphatic rings. The fourth-order valence-corrected chi connectivity index (χ4v) is 1.34. The molecule has 0 radical (unpaired) electrons. The maximum absolute atomic E-state index is 8.39. The molecule has 1 saturated heterocycles. The predicted octanol–water partition coefficient (Wildman–Crippen LogP) is 1.29. The molecule has 1 rings (SSSR count). The third-order valence-electron chi connectivity index (χ3n) is 2.10. The Bertz CT molecular complexity index is 129. The van der Waals surface area contributed by atoms with Gasteiger partial charge in [0.2, 0.25) is 0 Å². The number of hydrogen-bond acceptors (Lipinski definition) is 2. The lowest BCUT2D eigenvalue weighted by atomic mass is 9.95. The highest BCUT2D eigenvalue weighted by Crippen LogP contribution is 2.14. The van der Waals surface area contributed by atoms with Gasteiger partial charge in [0.05, 0.1) is 12.5 Å². The second-order valence-electron chi connectivity index (χ2n) is 3.15. The molecule has 0 spiro atoms. The summed E-state index contributed by atoms with van der Waals surface area (Å²) in [7, 11) is 0. The van der Waals surface area contributed by atoms with Crippen LogP contribution in [0.5, 0.6) is 0 Å². The number of piperidine rings is 1. The van der Waals surface area contributed by atoms with E-state index in [4.69, 9.17) is 5.26 Å². The van der Waals surface area contributed by atoms with Crippen LogP contribution in [0.1, 0.15) is 26.2 Å². The molecule has 10 heavy (non-hydrogen) atoms. The van der Waals surface area contributed by atoms with Crippen LogP contribution in [-0.4, -0.2) is 12.6 Å². The molecule has 1 aliphatic heterocycles. The fourth-order valence-electron chi connectivity index (χ4n) is 1.34. The number of nitrogens with one attached hydrogen (secondary N) is 1. The SMILES string of the molecule is CC1CC[C@H](CC#N)NC1. The van der Waals surface area contributed by atoms with Gasteiger partial charge in [-0.2, -0.15) is 5.26 Å². The second-order valence-corrected chi connectivity index (χ2v) is 3.15. The maximum Gasteiger partial charge on any atom is 0.0638 e. The smallest absolute Gasteiger partial charge is 0.0638 e. The normalized spacial score (nSPS) is 33.2. The monoisotopic (exact) mass is 138 g/mol. The van der Waals surface area contributed by atoms with Gasteiger partial charge in [-0.3, -0.25) is 0 Å². The molecular formula is C8H14N2. The number of nitriles is 1. The van der Waals surface area contributed by atoms with Crippen LogP contribution in [0.3, 0.4) is 0 Å². The van der Waals surface area contributed by atoms with Crippen LogP contribution in [-0.2, 0) is 0 Å². The Morgan fingerprint density at radius 3 is 2.90 bits per heavy atom.